The van der Waals surface area contributed by atoms with Gasteiger partial charge in [-0.3, -0.25) is 9.59 Å². The van der Waals surface area contributed by atoms with E-state index in [1.54, 1.807) is 19.1 Å². The van der Waals surface area contributed by atoms with Gasteiger partial charge in [-0.2, -0.15) is 0 Å². The summed E-state index contributed by atoms with van der Waals surface area (Å²) in [4.78, 5) is 27.0. The summed E-state index contributed by atoms with van der Waals surface area (Å²) in [6, 6.07) is 7.13. The van der Waals surface area contributed by atoms with Crippen LogP contribution in [0.1, 0.15) is 15.4 Å². The summed E-state index contributed by atoms with van der Waals surface area (Å²) in [5.41, 5.74) is 1.43. The number of hydrogen-bond acceptors (Lipinski definition) is 4. The maximum absolute atomic E-state index is 11.8. The Hall–Kier alpha value is -1.92. The van der Waals surface area contributed by atoms with Crippen molar-refractivity contribution in [1.29, 1.82) is 0 Å². The highest BCUT2D eigenvalue weighted by Crippen LogP contribution is 2.28. The lowest BCUT2D eigenvalue weighted by molar-refractivity contribution is -0.135. The number of carboxylic acids is 1. The van der Waals surface area contributed by atoms with E-state index >= 15 is 0 Å². The second-order valence-electron chi connectivity index (χ2n) is 4.02. The fourth-order valence-electron chi connectivity index (χ4n) is 1.56. The molecule has 104 valence electrons. The molecule has 0 spiro atoms. The third-order valence-corrected chi connectivity index (χ3v) is 3.95. The van der Waals surface area contributed by atoms with Gasteiger partial charge in [-0.15, -0.1) is 11.3 Å². The Bertz CT molecular complexity index is 652. The van der Waals surface area contributed by atoms with Crippen LogP contribution in [-0.4, -0.2) is 28.5 Å². The molecule has 0 bridgehead atoms. The molecule has 0 aliphatic rings. The van der Waals surface area contributed by atoms with Gasteiger partial charge >= 0.3 is 5.97 Å². The Labute approximate surface area is 124 Å². The summed E-state index contributed by atoms with van der Waals surface area (Å²) >= 11 is 7.04. The van der Waals surface area contributed by atoms with Crippen molar-refractivity contribution in [2.75, 3.05) is 6.54 Å². The lowest BCUT2D eigenvalue weighted by atomic mass is 10.2. The number of rotatable bonds is 4. The monoisotopic (exact) mass is 310 g/mol. The number of carbonyl (C=O) groups excluding carboxylic acids is 1. The van der Waals surface area contributed by atoms with Gasteiger partial charge in [-0.1, -0.05) is 23.7 Å². The number of nitrogens with zero attached hydrogens (tertiary/aromatic N) is 1. The van der Waals surface area contributed by atoms with Crippen LogP contribution in [0.2, 0.25) is 5.02 Å². The van der Waals surface area contributed by atoms with Crippen molar-refractivity contribution in [1.82, 2.24) is 10.3 Å². The Kier molecular flexibility index (Phi) is 4.36. The van der Waals surface area contributed by atoms with Crippen molar-refractivity contribution in [3.63, 3.8) is 0 Å². The Balaban J connectivity index is 2.23. The number of amides is 1. The van der Waals surface area contributed by atoms with Crippen LogP contribution in [0.3, 0.4) is 0 Å². The smallest absolute Gasteiger partial charge is 0.322 e. The summed E-state index contributed by atoms with van der Waals surface area (Å²) in [6.45, 7) is 1.30. The molecule has 1 aromatic heterocycles. The largest absolute Gasteiger partial charge is 0.480 e. The molecule has 2 aromatic rings. The van der Waals surface area contributed by atoms with Gasteiger partial charge in [0.05, 0.1) is 5.69 Å². The molecule has 0 unspecified atom stereocenters. The second kappa shape index (κ2) is 6.02. The van der Waals surface area contributed by atoms with E-state index in [9.17, 15) is 9.59 Å². The molecule has 0 saturated carbocycles. The highest BCUT2D eigenvalue weighted by atomic mass is 35.5. The average Bonchev–Trinajstić information content (AvgIpc) is 2.79. The van der Waals surface area contributed by atoms with E-state index in [4.69, 9.17) is 16.7 Å². The van der Waals surface area contributed by atoms with Gasteiger partial charge in [0.1, 0.15) is 16.4 Å². The molecule has 7 heteroatoms. The summed E-state index contributed by atoms with van der Waals surface area (Å²) in [5.74, 6) is -1.51. The van der Waals surface area contributed by atoms with E-state index in [0.29, 0.717) is 20.6 Å². The van der Waals surface area contributed by atoms with Crippen LogP contribution in [0.4, 0.5) is 0 Å². The van der Waals surface area contributed by atoms with Crippen molar-refractivity contribution < 1.29 is 14.7 Å². The molecule has 5 nitrogen and oxygen atoms in total. The number of benzene rings is 1. The molecule has 0 aliphatic carbocycles. The Morgan fingerprint density at radius 1 is 1.35 bits per heavy atom. The van der Waals surface area contributed by atoms with E-state index in [1.165, 1.54) is 11.3 Å². The molecule has 1 heterocycles. The van der Waals surface area contributed by atoms with Crippen LogP contribution in [0.25, 0.3) is 10.6 Å². The molecule has 0 aliphatic heterocycles. The summed E-state index contributed by atoms with van der Waals surface area (Å²) in [7, 11) is 0. The van der Waals surface area contributed by atoms with Gasteiger partial charge in [-0.25, -0.2) is 4.98 Å². The van der Waals surface area contributed by atoms with Gasteiger partial charge in [0.25, 0.3) is 5.91 Å². The molecule has 0 radical (unpaired) electrons. The van der Waals surface area contributed by atoms with Crippen LogP contribution in [-0.2, 0) is 4.79 Å². The molecule has 1 amide bonds. The minimum atomic E-state index is -1.08. The third-order valence-electron chi connectivity index (χ3n) is 2.49. The zero-order chi connectivity index (χ0) is 14.7. The average molecular weight is 311 g/mol. The van der Waals surface area contributed by atoms with Crippen LogP contribution >= 0.6 is 22.9 Å². The summed E-state index contributed by atoms with van der Waals surface area (Å²) in [6.07, 6.45) is 0. The van der Waals surface area contributed by atoms with E-state index in [2.05, 4.69) is 10.3 Å². The topological polar surface area (TPSA) is 79.3 Å². The molecule has 2 rings (SSSR count). The second-order valence-corrected chi connectivity index (χ2v) is 5.45. The van der Waals surface area contributed by atoms with Gasteiger partial charge in [0.2, 0.25) is 0 Å². The van der Waals surface area contributed by atoms with Crippen molar-refractivity contribution in [2.45, 2.75) is 6.92 Å². The van der Waals surface area contributed by atoms with Gasteiger partial charge < -0.3 is 10.4 Å². The van der Waals surface area contributed by atoms with Crippen LogP contribution in [0.15, 0.2) is 24.3 Å². The van der Waals surface area contributed by atoms with Crippen LogP contribution < -0.4 is 5.32 Å². The number of aliphatic carboxylic acids is 1. The molecule has 0 saturated heterocycles. The number of thiazole rings is 1. The minimum Gasteiger partial charge on any atom is -0.480 e. The number of aromatic nitrogens is 1. The van der Waals surface area contributed by atoms with E-state index in [0.717, 1.165) is 5.56 Å². The van der Waals surface area contributed by atoms with Crippen molar-refractivity contribution in [3.05, 3.63) is 39.9 Å². The van der Waals surface area contributed by atoms with Crippen LogP contribution in [0.5, 0.6) is 0 Å². The maximum Gasteiger partial charge on any atom is 0.322 e. The summed E-state index contributed by atoms with van der Waals surface area (Å²) in [5, 5.41) is 12.2. The molecular formula is C13H11ClN2O3S. The normalized spacial score (nSPS) is 10.3. The maximum atomic E-state index is 11.8. The summed E-state index contributed by atoms with van der Waals surface area (Å²) < 4.78 is 0. The fourth-order valence-corrected chi connectivity index (χ4v) is 2.67. The molecule has 0 atom stereocenters. The minimum absolute atomic E-state index is 0.410. The number of aryl methyl sites for hydroxylation is 1. The Morgan fingerprint density at radius 2 is 2.00 bits per heavy atom. The molecule has 0 fully saturated rings. The zero-order valence-electron chi connectivity index (χ0n) is 10.5. The van der Waals surface area contributed by atoms with Crippen LogP contribution in [0, 0.1) is 6.92 Å². The molecule has 2 N–H and O–H groups in total. The number of halogens is 1. The van der Waals surface area contributed by atoms with Gasteiger partial charge in [0.15, 0.2) is 0 Å². The van der Waals surface area contributed by atoms with Crippen molar-refractivity contribution in [2.24, 2.45) is 0 Å². The molecule has 20 heavy (non-hydrogen) atoms. The standard InChI is InChI=1S/C13H11ClN2O3S/c1-7-11(12(19)15-6-10(17)18)20-13(16-7)8-2-4-9(14)5-3-8/h2-5H,6H2,1H3,(H,15,19)(H,17,18). The van der Waals surface area contributed by atoms with Crippen molar-refractivity contribution in [3.8, 4) is 10.6 Å². The number of nitrogens with one attached hydrogen (secondary N) is 1. The first-order valence-corrected chi connectivity index (χ1v) is 6.90. The molecule has 1 aromatic carbocycles. The number of hydrogen-bond donors (Lipinski definition) is 2. The zero-order valence-corrected chi connectivity index (χ0v) is 12.1. The first-order chi connectivity index (χ1) is 9.47. The van der Waals surface area contributed by atoms with Gasteiger partial charge in [-0.05, 0) is 19.1 Å². The Morgan fingerprint density at radius 3 is 2.60 bits per heavy atom. The SMILES string of the molecule is Cc1nc(-c2ccc(Cl)cc2)sc1C(=O)NCC(=O)O. The lowest BCUT2D eigenvalue weighted by Crippen LogP contribution is -2.29. The first-order valence-electron chi connectivity index (χ1n) is 5.70. The quantitative estimate of drug-likeness (QED) is 0.909. The highest BCUT2D eigenvalue weighted by molar-refractivity contribution is 7.17. The third kappa shape index (κ3) is 3.34. The van der Waals surface area contributed by atoms with Gasteiger partial charge in [0, 0.05) is 10.6 Å². The van der Waals surface area contributed by atoms with Crippen molar-refractivity contribution >= 4 is 34.8 Å². The predicted molar refractivity (Wildman–Crippen MR) is 77.3 cm³/mol. The van der Waals surface area contributed by atoms with E-state index < -0.39 is 18.4 Å². The van der Waals surface area contributed by atoms with E-state index in [-0.39, 0.29) is 0 Å². The highest BCUT2D eigenvalue weighted by Gasteiger charge is 2.16. The van der Waals surface area contributed by atoms with E-state index in [1.807, 2.05) is 12.1 Å². The molecular weight excluding hydrogens is 300 g/mol. The fraction of sp³-hybridized carbons (Fsp3) is 0.154. The number of carbonyl (C=O) groups is 2. The number of carboxylic acid groups (broad SMARTS) is 1. The first kappa shape index (κ1) is 14.5. The lowest BCUT2D eigenvalue weighted by Gasteiger charge is -1.99. The predicted octanol–water partition coefficient (Wildman–Crippen LogP) is 2.59.